The second-order valence-corrected chi connectivity index (χ2v) is 8.29. The molecule has 0 atom stereocenters. The van der Waals surface area contributed by atoms with Gasteiger partial charge in [0.15, 0.2) is 0 Å². The van der Waals surface area contributed by atoms with Crippen molar-refractivity contribution in [3.05, 3.63) is 127 Å². The number of rotatable bonds is 4. The molecule has 0 fully saturated rings. The van der Waals surface area contributed by atoms with E-state index in [1.807, 2.05) is 0 Å². The molecule has 0 aliphatic rings. The van der Waals surface area contributed by atoms with Crippen LogP contribution in [0.3, 0.4) is 0 Å². The topological polar surface area (TPSA) is 0 Å². The summed E-state index contributed by atoms with van der Waals surface area (Å²) in [5.74, 6) is 0. The van der Waals surface area contributed by atoms with E-state index in [4.69, 9.17) is 0 Å². The molecule has 0 nitrogen and oxygen atoms in total. The highest BCUT2D eigenvalue weighted by molar-refractivity contribution is 6.19. The van der Waals surface area contributed by atoms with Crippen LogP contribution in [0.2, 0.25) is 0 Å². The van der Waals surface area contributed by atoms with E-state index in [0.29, 0.717) is 0 Å². The van der Waals surface area contributed by atoms with E-state index in [9.17, 15) is 0 Å². The van der Waals surface area contributed by atoms with E-state index >= 15 is 0 Å². The number of fused-ring (bicyclic) bond motifs is 3. The summed E-state index contributed by atoms with van der Waals surface area (Å²) >= 11 is 0. The zero-order valence-electron chi connectivity index (χ0n) is 18.6. The van der Waals surface area contributed by atoms with Crippen molar-refractivity contribution in [3.63, 3.8) is 0 Å². The van der Waals surface area contributed by atoms with Gasteiger partial charge < -0.3 is 0 Å². The van der Waals surface area contributed by atoms with Crippen molar-refractivity contribution in [1.82, 2.24) is 0 Å². The van der Waals surface area contributed by atoms with Gasteiger partial charge in [-0.15, -0.1) is 0 Å². The molecule has 32 heavy (non-hydrogen) atoms. The highest BCUT2D eigenvalue weighted by Crippen LogP contribution is 2.42. The average Bonchev–Trinajstić information content (AvgIpc) is 2.85. The monoisotopic (exact) mass is 410 g/mol. The molecular formula is C32H26. The van der Waals surface area contributed by atoms with Crippen molar-refractivity contribution in [1.29, 1.82) is 0 Å². The Hall–Kier alpha value is -3.90. The third-order valence-electron chi connectivity index (χ3n) is 6.29. The molecule has 0 radical (unpaired) electrons. The molecule has 0 unspecified atom stereocenters. The fourth-order valence-electron chi connectivity index (χ4n) is 4.54. The standard InChI is InChI=1S/C32H26/c1-4-22(2)17-18-23(3)31-27-13-7-9-15-29(27)32(30-16-10-8-14-28(30)31)26-20-19-24-11-5-6-12-25(24)21-26/h4-21H,3H2,1-2H3/b18-17-,22-4-. The normalized spacial score (nSPS) is 12.2. The van der Waals surface area contributed by atoms with Gasteiger partial charge in [0, 0.05) is 0 Å². The van der Waals surface area contributed by atoms with Crippen LogP contribution in [0.5, 0.6) is 0 Å². The van der Waals surface area contributed by atoms with Crippen LogP contribution in [0.25, 0.3) is 49.0 Å². The predicted molar refractivity (Wildman–Crippen MR) is 142 cm³/mol. The van der Waals surface area contributed by atoms with Crippen molar-refractivity contribution < 1.29 is 0 Å². The van der Waals surface area contributed by atoms with Crippen LogP contribution >= 0.6 is 0 Å². The molecule has 5 aromatic carbocycles. The molecule has 0 amide bonds. The molecule has 0 heteroatoms. The Bertz CT molecular complexity index is 1490. The second kappa shape index (κ2) is 8.32. The molecule has 5 aromatic rings. The fourth-order valence-corrected chi connectivity index (χ4v) is 4.54. The first-order valence-corrected chi connectivity index (χ1v) is 11.1. The van der Waals surface area contributed by atoms with Gasteiger partial charge in [0.2, 0.25) is 0 Å². The number of hydrogen-bond donors (Lipinski definition) is 0. The Kier molecular flexibility index (Phi) is 5.21. The zero-order chi connectivity index (χ0) is 22.1. The van der Waals surface area contributed by atoms with Crippen molar-refractivity contribution in [2.24, 2.45) is 0 Å². The summed E-state index contributed by atoms with van der Waals surface area (Å²) in [6.45, 7) is 8.64. The highest BCUT2D eigenvalue weighted by Gasteiger charge is 2.16. The van der Waals surface area contributed by atoms with Crippen molar-refractivity contribution in [2.75, 3.05) is 0 Å². The van der Waals surface area contributed by atoms with E-state index in [-0.39, 0.29) is 0 Å². The van der Waals surface area contributed by atoms with E-state index < -0.39 is 0 Å². The molecular weight excluding hydrogens is 384 g/mol. The molecule has 5 rings (SSSR count). The Labute approximate surface area is 189 Å². The van der Waals surface area contributed by atoms with E-state index in [1.54, 1.807) is 0 Å². The Morgan fingerprint density at radius 3 is 1.84 bits per heavy atom. The van der Waals surface area contributed by atoms with Crippen LogP contribution in [0, 0.1) is 0 Å². The van der Waals surface area contributed by atoms with Gasteiger partial charge in [-0.3, -0.25) is 0 Å². The molecule has 0 heterocycles. The van der Waals surface area contributed by atoms with Gasteiger partial charge in [0.05, 0.1) is 0 Å². The smallest absolute Gasteiger partial charge is 0.00262 e. The number of allylic oxidation sites excluding steroid dienone is 5. The fraction of sp³-hybridized carbons (Fsp3) is 0.0625. The first-order valence-electron chi connectivity index (χ1n) is 11.1. The predicted octanol–water partition coefficient (Wildman–Crippen LogP) is 9.35. The largest absolute Gasteiger partial charge is 0.0911 e. The summed E-state index contributed by atoms with van der Waals surface area (Å²) in [6, 6.07) is 32.8. The summed E-state index contributed by atoms with van der Waals surface area (Å²) < 4.78 is 0. The van der Waals surface area contributed by atoms with Crippen molar-refractivity contribution in [3.8, 4) is 11.1 Å². The van der Waals surface area contributed by atoms with Crippen LogP contribution in [-0.2, 0) is 0 Å². The lowest BCUT2D eigenvalue weighted by atomic mass is 9.85. The lowest BCUT2D eigenvalue weighted by Gasteiger charge is -2.18. The maximum atomic E-state index is 4.46. The molecule has 0 bridgehead atoms. The molecule has 0 aliphatic heterocycles. The average molecular weight is 411 g/mol. The summed E-state index contributed by atoms with van der Waals surface area (Å²) in [5.41, 5.74) is 6.00. The van der Waals surface area contributed by atoms with Crippen LogP contribution in [0.4, 0.5) is 0 Å². The molecule has 0 spiro atoms. The minimum absolute atomic E-state index is 1.03. The van der Waals surface area contributed by atoms with Crippen molar-refractivity contribution in [2.45, 2.75) is 13.8 Å². The van der Waals surface area contributed by atoms with E-state index in [2.05, 4.69) is 130 Å². The minimum atomic E-state index is 1.03. The Balaban J connectivity index is 1.85. The molecule has 154 valence electrons. The van der Waals surface area contributed by atoms with Gasteiger partial charge in [-0.25, -0.2) is 0 Å². The van der Waals surface area contributed by atoms with Crippen LogP contribution < -0.4 is 0 Å². The molecule has 0 saturated heterocycles. The number of benzene rings is 5. The van der Waals surface area contributed by atoms with E-state index in [1.165, 1.54) is 54.6 Å². The maximum absolute atomic E-state index is 4.46. The van der Waals surface area contributed by atoms with Crippen LogP contribution in [0.1, 0.15) is 19.4 Å². The SMILES string of the molecule is C=C(/C=C\C(C)=C/C)c1c2ccccc2c(-c2ccc3ccccc3c2)c2ccccc12. The molecule has 0 saturated carbocycles. The Morgan fingerprint density at radius 2 is 1.22 bits per heavy atom. The van der Waals surface area contributed by atoms with E-state index in [0.717, 1.165) is 5.57 Å². The Morgan fingerprint density at radius 1 is 0.656 bits per heavy atom. The summed E-state index contributed by atoms with van der Waals surface area (Å²) in [4.78, 5) is 0. The van der Waals surface area contributed by atoms with Crippen molar-refractivity contribution >= 4 is 37.9 Å². The van der Waals surface area contributed by atoms with Gasteiger partial charge in [-0.2, -0.15) is 0 Å². The van der Waals surface area contributed by atoms with Crippen LogP contribution in [0.15, 0.2) is 121 Å². The third-order valence-corrected chi connectivity index (χ3v) is 6.29. The third kappa shape index (κ3) is 3.44. The first-order chi connectivity index (χ1) is 15.7. The minimum Gasteiger partial charge on any atom is -0.0911 e. The van der Waals surface area contributed by atoms with Gasteiger partial charge in [0.25, 0.3) is 0 Å². The lowest BCUT2D eigenvalue weighted by Crippen LogP contribution is -1.92. The lowest BCUT2D eigenvalue weighted by molar-refractivity contribution is 1.48. The zero-order valence-corrected chi connectivity index (χ0v) is 18.6. The van der Waals surface area contributed by atoms with Gasteiger partial charge in [-0.1, -0.05) is 115 Å². The summed E-state index contributed by atoms with van der Waals surface area (Å²) in [5, 5.41) is 7.52. The van der Waals surface area contributed by atoms with Crippen LogP contribution in [-0.4, -0.2) is 0 Å². The molecule has 0 N–H and O–H groups in total. The number of hydrogen-bond acceptors (Lipinski definition) is 0. The van der Waals surface area contributed by atoms with Gasteiger partial charge in [-0.05, 0) is 74.5 Å². The second-order valence-electron chi connectivity index (χ2n) is 8.29. The van der Waals surface area contributed by atoms with Gasteiger partial charge >= 0.3 is 0 Å². The summed E-state index contributed by atoms with van der Waals surface area (Å²) in [6.07, 6.45) is 6.39. The highest BCUT2D eigenvalue weighted by atomic mass is 14.2. The van der Waals surface area contributed by atoms with Gasteiger partial charge in [0.1, 0.15) is 0 Å². The maximum Gasteiger partial charge on any atom is -0.00262 e. The molecule has 0 aromatic heterocycles. The molecule has 0 aliphatic carbocycles. The first kappa shape index (κ1) is 20.0. The quantitative estimate of drug-likeness (QED) is 0.204. The summed E-state index contributed by atoms with van der Waals surface area (Å²) in [7, 11) is 0.